The summed E-state index contributed by atoms with van der Waals surface area (Å²) in [5, 5.41) is 0. The second-order valence-electron chi connectivity index (χ2n) is 6.13. The minimum atomic E-state index is 0.0279. The molecule has 1 unspecified atom stereocenters. The molecule has 23 heavy (non-hydrogen) atoms. The molecule has 122 valence electrons. The summed E-state index contributed by atoms with van der Waals surface area (Å²) in [5.74, 6) is 0.725. The zero-order valence-corrected chi connectivity index (χ0v) is 13.8. The number of fused-ring (bicyclic) bond motifs is 1. The van der Waals surface area contributed by atoms with Gasteiger partial charge in [0.1, 0.15) is 5.75 Å². The van der Waals surface area contributed by atoms with Gasteiger partial charge < -0.3 is 19.1 Å². The van der Waals surface area contributed by atoms with Gasteiger partial charge in [0, 0.05) is 24.8 Å². The summed E-state index contributed by atoms with van der Waals surface area (Å²) in [4.78, 5) is 21.1. The Morgan fingerprint density at radius 3 is 3.00 bits per heavy atom. The predicted molar refractivity (Wildman–Crippen MR) is 87.6 cm³/mol. The van der Waals surface area contributed by atoms with Gasteiger partial charge in [-0.25, -0.2) is 4.98 Å². The number of ether oxygens (including phenoxy) is 1. The van der Waals surface area contributed by atoms with E-state index in [0.717, 1.165) is 12.2 Å². The second-order valence-corrected chi connectivity index (χ2v) is 6.13. The first-order chi connectivity index (χ1) is 11.1. The van der Waals surface area contributed by atoms with Gasteiger partial charge in [-0.3, -0.25) is 4.79 Å². The Hall–Kier alpha value is -2.34. The van der Waals surface area contributed by atoms with E-state index in [9.17, 15) is 4.79 Å². The molecule has 0 radical (unpaired) electrons. The van der Waals surface area contributed by atoms with Gasteiger partial charge in [0.15, 0.2) is 0 Å². The van der Waals surface area contributed by atoms with Crippen molar-refractivity contribution in [2.45, 2.75) is 12.6 Å². The van der Waals surface area contributed by atoms with Crippen LogP contribution in [0.15, 0.2) is 36.8 Å². The van der Waals surface area contributed by atoms with Crippen molar-refractivity contribution in [2.24, 2.45) is 0 Å². The Kier molecular flexibility index (Phi) is 4.34. The fraction of sp³-hybridized carbons (Fsp3) is 0.412. The molecular weight excluding hydrogens is 292 g/mol. The van der Waals surface area contributed by atoms with Gasteiger partial charge >= 0.3 is 0 Å². The average molecular weight is 314 g/mol. The van der Waals surface area contributed by atoms with Crippen molar-refractivity contribution in [1.29, 1.82) is 0 Å². The highest BCUT2D eigenvalue weighted by Crippen LogP contribution is 2.24. The Bertz CT molecular complexity index is 695. The molecule has 3 rings (SSSR count). The standard InChI is InChI=1S/C17H22N4O2/c1-19(2)9-15-11-20(10-14-8-18-12-21(14)15)17(22)13-5-4-6-16(7-13)23-3/h4-8,12,15H,9-11H2,1-3H3. The van der Waals surface area contributed by atoms with Crippen molar-refractivity contribution < 1.29 is 9.53 Å². The average Bonchev–Trinajstić information content (AvgIpc) is 3.02. The molecule has 2 aromatic rings. The van der Waals surface area contributed by atoms with Crippen LogP contribution in [0.5, 0.6) is 5.75 Å². The largest absolute Gasteiger partial charge is 0.497 e. The number of carbonyl (C=O) groups is 1. The lowest BCUT2D eigenvalue weighted by Crippen LogP contribution is -2.43. The molecule has 0 aliphatic carbocycles. The normalized spacial score (nSPS) is 17.2. The summed E-state index contributed by atoms with van der Waals surface area (Å²) in [5.41, 5.74) is 1.72. The molecule has 0 N–H and O–H groups in total. The van der Waals surface area contributed by atoms with Gasteiger partial charge in [-0.2, -0.15) is 0 Å². The fourth-order valence-corrected chi connectivity index (χ4v) is 3.05. The molecular formula is C17H22N4O2. The first-order valence-electron chi connectivity index (χ1n) is 7.67. The predicted octanol–water partition coefficient (Wildman–Crippen LogP) is 1.65. The second kappa shape index (κ2) is 6.42. The molecule has 2 heterocycles. The number of methoxy groups -OCH3 is 1. The lowest BCUT2D eigenvalue weighted by molar-refractivity contribution is 0.0663. The number of likely N-dealkylation sites (N-methyl/N-ethyl adjacent to an activating group) is 1. The van der Waals surface area contributed by atoms with Crippen molar-refractivity contribution in [3.8, 4) is 5.75 Å². The number of carbonyl (C=O) groups excluding carboxylic acids is 1. The summed E-state index contributed by atoms with van der Waals surface area (Å²) in [6, 6.07) is 7.52. The molecule has 1 aromatic heterocycles. The number of amides is 1. The van der Waals surface area contributed by atoms with Crippen LogP contribution < -0.4 is 4.74 Å². The Morgan fingerprint density at radius 1 is 1.43 bits per heavy atom. The van der Waals surface area contributed by atoms with Gasteiger partial charge in [0.2, 0.25) is 0 Å². The molecule has 1 aliphatic rings. The van der Waals surface area contributed by atoms with Crippen LogP contribution >= 0.6 is 0 Å². The van der Waals surface area contributed by atoms with E-state index < -0.39 is 0 Å². The van der Waals surface area contributed by atoms with Gasteiger partial charge in [0.05, 0.1) is 31.7 Å². The van der Waals surface area contributed by atoms with Crippen molar-refractivity contribution in [2.75, 3.05) is 34.3 Å². The van der Waals surface area contributed by atoms with Crippen molar-refractivity contribution in [3.63, 3.8) is 0 Å². The zero-order chi connectivity index (χ0) is 16.4. The van der Waals surface area contributed by atoms with Crippen LogP contribution in [0.1, 0.15) is 22.1 Å². The van der Waals surface area contributed by atoms with E-state index in [4.69, 9.17) is 4.74 Å². The Morgan fingerprint density at radius 2 is 2.26 bits per heavy atom. The van der Waals surface area contributed by atoms with E-state index in [-0.39, 0.29) is 11.9 Å². The molecule has 1 atom stereocenters. The van der Waals surface area contributed by atoms with E-state index in [1.54, 1.807) is 13.2 Å². The highest BCUT2D eigenvalue weighted by atomic mass is 16.5. The molecule has 0 fully saturated rings. The minimum absolute atomic E-state index is 0.0279. The van der Waals surface area contributed by atoms with Gasteiger partial charge in [-0.15, -0.1) is 0 Å². The number of nitrogens with zero attached hydrogens (tertiary/aromatic N) is 4. The lowest BCUT2D eigenvalue weighted by Gasteiger charge is -2.35. The molecule has 0 saturated heterocycles. The molecule has 1 aromatic carbocycles. The van der Waals surface area contributed by atoms with Gasteiger partial charge in [-0.1, -0.05) is 6.07 Å². The number of hydrogen-bond acceptors (Lipinski definition) is 4. The third-order valence-corrected chi connectivity index (χ3v) is 4.10. The maximum atomic E-state index is 12.9. The summed E-state index contributed by atoms with van der Waals surface area (Å²) in [7, 11) is 5.69. The molecule has 6 nitrogen and oxygen atoms in total. The first kappa shape index (κ1) is 15.6. The Balaban J connectivity index is 1.84. The number of aromatic nitrogens is 2. The van der Waals surface area contributed by atoms with Gasteiger partial charge in [-0.05, 0) is 32.3 Å². The number of benzene rings is 1. The minimum Gasteiger partial charge on any atom is -0.497 e. The van der Waals surface area contributed by atoms with E-state index in [2.05, 4.69) is 14.5 Å². The van der Waals surface area contributed by atoms with E-state index in [0.29, 0.717) is 24.4 Å². The van der Waals surface area contributed by atoms with E-state index in [1.807, 2.05) is 49.7 Å². The summed E-state index contributed by atoms with van der Waals surface area (Å²) >= 11 is 0. The highest BCUT2D eigenvalue weighted by molar-refractivity contribution is 5.94. The van der Waals surface area contributed by atoms with Crippen LogP contribution in [-0.4, -0.2) is 59.6 Å². The molecule has 0 saturated carbocycles. The van der Waals surface area contributed by atoms with Crippen LogP contribution in [0, 0.1) is 0 Å². The maximum Gasteiger partial charge on any atom is 0.254 e. The number of hydrogen-bond donors (Lipinski definition) is 0. The topological polar surface area (TPSA) is 50.6 Å². The smallest absolute Gasteiger partial charge is 0.254 e. The van der Waals surface area contributed by atoms with Crippen LogP contribution in [0.4, 0.5) is 0 Å². The zero-order valence-electron chi connectivity index (χ0n) is 13.8. The van der Waals surface area contributed by atoms with Gasteiger partial charge in [0.25, 0.3) is 5.91 Å². The van der Waals surface area contributed by atoms with Crippen LogP contribution in [0.25, 0.3) is 0 Å². The quantitative estimate of drug-likeness (QED) is 0.861. The van der Waals surface area contributed by atoms with E-state index in [1.165, 1.54) is 0 Å². The Labute approximate surface area is 136 Å². The van der Waals surface area contributed by atoms with Crippen LogP contribution in [0.3, 0.4) is 0 Å². The SMILES string of the molecule is COc1cccc(C(=O)N2Cc3cncn3C(CN(C)C)C2)c1. The molecule has 1 amide bonds. The van der Waals surface area contributed by atoms with Crippen LogP contribution in [-0.2, 0) is 6.54 Å². The molecule has 0 spiro atoms. The fourth-order valence-electron chi connectivity index (χ4n) is 3.05. The molecule has 0 bridgehead atoms. The third kappa shape index (κ3) is 3.22. The maximum absolute atomic E-state index is 12.9. The number of imidazole rings is 1. The van der Waals surface area contributed by atoms with Crippen molar-refractivity contribution >= 4 is 5.91 Å². The summed E-state index contributed by atoms with van der Waals surface area (Å²) in [6.07, 6.45) is 3.70. The van der Waals surface area contributed by atoms with Crippen molar-refractivity contribution in [3.05, 3.63) is 48.0 Å². The summed E-state index contributed by atoms with van der Waals surface area (Å²) < 4.78 is 7.39. The van der Waals surface area contributed by atoms with Crippen LogP contribution in [0.2, 0.25) is 0 Å². The molecule has 6 heteroatoms. The number of rotatable bonds is 4. The lowest BCUT2D eigenvalue weighted by atomic mass is 10.1. The first-order valence-corrected chi connectivity index (χ1v) is 7.67. The van der Waals surface area contributed by atoms with E-state index >= 15 is 0 Å². The summed E-state index contributed by atoms with van der Waals surface area (Å²) in [6.45, 7) is 2.13. The third-order valence-electron chi connectivity index (χ3n) is 4.10. The highest BCUT2D eigenvalue weighted by Gasteiger charge is 2.28. The molecule has 1 aliphatic heterocycles. The monoisotopic (exact) mass is 314 g/mol. The van der Waals surface area contributed by atoms with Crippen molar-refractivity contribution in [1.82, 2.24) is 19.4 Å².